The number of rotatable bonds is 1. The largest absolute Gasteiger partial charge is 0.237 e. The number of hydrogen-bond acceptors (Lipinski definition) is 2. The van der Waals surface area contributed by atoms with Gasteiger partial charge in [0.2, 0.25) is 0 Å². The molecule has 0 aliphatic heterocycles. The monoisotopic (exact) mass is 227 g/mol. The van der Waals surface area contributed by atoms with Crippen LogP contribution in [0.1, 0.15) is 5.56 Å². The number of nitrogens with zero attached hydrogens (tertiary/aromatic N) is 3. The average Bonchev–Trinajstić information content (AvgIpc) is 2.47. The summed E-state index contributed by atoms with van der Waals surface area (Å²) >= 11 is 11.9. The second kappa shape index (κ2) is 3.59. The van der Waals surface area contributed by atoms with Crippen LogP contribution in [0.3, 0.4) is 0 Å². The Hall–Kier alpha value is -1.06. The van der Waals surface area contributed by atoms with Gasteiger partial charge in [0.05, 0.1) is 0 Å². The van der Waals surface area contributed by atoms with Crippen molar-refractivity contribution in [2.24, 2.45) is 0 Å². The second-order valence-electron chi connectivity index (χ2n) is 2.81. The third-order valence-electron chi connectivity index (χ3n) is 1.86. The van der Waals surface area contributed by atoms with Crippen LogP contribution in [0.2, 0.25) is 10.3 Å². The Morgan fingerprint density at radius 3 is 2.57 bits per heavy atom. The fourth-order valence-electron chi connectivity index (χ4n) is 1.08. The van der Waals surface area contributed by atoms with Gasteiger partial charge in [-0.15, -0.1) is 0 Å². The first kappa shape index (κ1) is 9.49. The standard InChI is InChI=1S/C9H7Cl2N3/c1-6-8(10)13-14(9(6)11)7-4-2-3-5-12-7/h2-5H,1H3. The lowest BCUT2D eigenvalue weighted by atomic mass is 10.4. The number of halogens is 2. The maximum Gasteiger partial charge on any atom is 0.156 e. The Morgan fingerprint density at radius 1 is 1.29 bits per heavy atom. The molecule has 2 aromatic rings. The van der Waals surface area contributed by atoms with Gasteiger partial charge in [0.25, 0.3) is 0 Å². The van der Waals surface area contributed by atoms with Crippen molar-refractivity contribution in [2.75, 3.05) is 0 Å². The minimum Gasteiger partial charge on any atom is -0.237 e. The Bertz CT molecular complexity index is 451. The van der Waals surface area contributed by atoms with E-state index in [-0.39, 0.29) is 0 Å². The summed E-state index contributed by atoms with van der Waals surface area (Å²) in [5.41, 5.74) is 0.763. The maximum absolute atomic E-state index is 6.02. The molecule has 0 aliphatic rings. The molecule has 0 saturated heterocycles. The zero-order chi connectivity index (χ0) is 10.1. The van der Waals surface area contributed by atoms with Crippen LogP contribution in [0, 0.1) is 6.92 Å². The topological polar surface area (TPSA) is 30.7 Å². The van der Waals surface area contributed by atoms with Gasteiger partial charge in [-0.3, -0.25) is 0 Å². The Labute approximate surface area is 91.3 Å². The molecule has 0 saturated carbocycles. The molecule has 5 heteroatoms. The van der Waals surface area contributed by atoms with Crippen molar-refractivity contribution >= 4 is 23.2 Å². The predicted octanol–water partition coefficient (Wildman–Crippen LogP) is 2.88. The predicted molar refractivity (Wildman–Crippen MR) is 56.1 cm³/mol. The molecule has 0 atom stereocenters. The molecule has 72 valence electrons. The molecule has 2 rings (SSSR count). The van der Waals surface area contributed by atoms with E-state index in [0.717, 1.165) is 5.56 Å². The first-order valence-electron chi connectivity index (χ1n) is 4.02. The first-order valence-corrected chi connectivity index (χ1v) is 4.78. The van der Waals surface area contributed by atoms with Crippen molar-refractivity contribution in [3.05, 3.63) is 40.3 Å². The molecule has 0 N–H and O–H groups in total. The van der Waals surface area contributed by atoms with E-state index in [2.05, 4.69) is 10.1 Å². The lowest BCUT2D eigenvalue weighted by Crippen LogP contribution is -1.98. The van der Waals surface area contributed by atoms with Gasteiger partial charge >= 0.3 is 0 Å². The van der Waals surface area contributed by atoms with Gasteiger partial charge in [-0.2, -0.15) is 5.10 Å². The summed E-state index contributed by atoms with van der Waals surface area (Å²) in [5, 5.41) is 4.97. The van der Waals surface area contributed by atoms with E-state index in [9.17, 15) is 0 Å². The fourth-order valence-corrected chi connectivity index (χ4v) is 1.51. The van der Waals surface area contributed by atoms with Gasteiger partial charge in [0.15, 0.2) is 11.0 Å². The molecule has 14 heavy (non-hydrogen) atoms. The van der Waals surface area contributed by atoms with Crippen molar-refractivity contribution in [3.63, 3.8) is 0 Å². The summed E-state index contributed by atoms with van der Waals surface area (Å²) in [4.78, 5) is 4.12. The normalized spacial score (nSPS) is 10.5. The second-order valence-corrected chi connectivity index (χ2v) is 3.52. The van der Waals surface area contributed by atoms with E-state index in [1.807, 2.05) is 25.1 Å². The molecule has 3 nitrogen and oxygen atoms in total. The Morgan fingerprint density at radius 2 is 2.07 bits per heavy atom. The summed E-state index contributed by atoms with van der Waals surface area (Å²) < 4.78 is 1.51. The minimum atomic E-state index is 0.403. The van der Waals surface area contributed by atoms with Crippen molar-refractivity contribution < 1.29 is 0 Å². The molecule has 0 aliphatic carbocycles. The molecule has 2 aromatic heterocycles. The zero-order valence-electron chi connectivity index (χ0n) is 7.41. The minimum absolute atomic E-state index is 0.403. The maximum atomic E-state index is 6.02. The highest BCUT2D eigenvalue weighted by molar-refractivity contribution is 6.35. The zero-order valence-corrected chi connectivity index (χ0v) is 8.92. The Kier molecular flexibility index (Phi) is 2.44. The number of aromatic nitrogens is 3. The smallest absolute Gasteiger partial charge is 0.156 e. The average molecular weight is 228 g/mol. The lowest BCUT2D eigenvalue weighted by Gasteiger charge is -1.99. The highest BCUT2D eigenvalue weighted by atomic mass is 35.5. The van der Waals surface area contributed by atoms with Crippen molar-refractivity contribution in [3.8, 4) is 5.82 Å². The van der Waals surface area contributed by atoms with E-state index in [1.165, 1.54) is 4.68 Å². The van der Waals surface area contributed by atoms with Gasteiger partial charge < -0.3 is 0 Å². The molecule has 0 bridgehead atoms. The van der Waals surface area contributed by atoms with Crippen LogP contribution < -0.4 is 0 Å². The van der Waals surface area contributed by atoms with Crippen LogP contribution in [0.15, 0.2) is 24.4 Å². The van der Waals surface area contributed by atoms with Gasteiger partial charge in [0, 0.05) is 11.8 Å². The highest BCUT2D eigenvalue weighted by Crippen LogP contribution is 2.24. The summed E-state index contributed by atoms with van der Waals surface area (Å²) in [6.07, 6.45) is 1.68. The van der Waals surface area contributed by atoms with Crippen LogP contribution in [-0.2, 0) is 0 Å². The number of pyridine rings is 1. The van der Waals surface area contributed by atoms with Gasteiger partial charge in [0.1, 0.15) is 5.15 Å². The van der Waals surface area contributed by atoms with E-state index in [1.54, 1.807) is 6.20 Å². The van der Waals surface area contributed by atoms with E-state index in [4.69, 9.17) is 23.2 Å². The van der Waals surface area contributed by atoms with Crippen LogP contribution in [0.25, 0.3) is 5.82 Å². The summed E-state index contributed by atoms with van der Waals surface area (Å²) in [6.45, 7) is 1.82. The van der Waals surface area contributed by atoms with Crippen LogP contribution in [0.5, 0.6) is 0 Å². The van der Waals surface area contributed by atoms with Gasteiger partial charge in [-0.25, -0.2) is 9.67 Å². The van der Waals surface area contributed by atoms with E-state index >= 15 is 0 Å². The van der Waals surface area contributed by atoms with Gasteiger partial charge in [-0.1, -0.05) is 29.3 Å². The van der Waals surface area contributed by atoms with Crippen LogP contribution in [0.4, 0.5) is 0 Å². The molecule has 0 amide bonds. The van der Waals surface area contributed by atoms with Crippen LogP contribution >= 0.6 is 23.2 Å². The number of hydrogen-bond donors (Lipinski definition) is 0. The summed E-state index contributed by atoms with van der Waals surface area (Å²) in [6, 6.07) is 5.51. The molecular weight excluding hydrogens is 221 g/mol. The Balaban J connectivity index is 2.58. The molecule has 0 spiro atoms. The fraction of sp³-hybridized carbons (Fsp3) is 0.111. The first-order chi connectivity index (χ1) is 6.70. The van der Waals surface area contributed by atoms with Crippen LogP contribution in [-0.4, -0.2) is 14.8 Å². The third-order valence-corrected chi connectivity index (χ3v) is 2.66. The van der Waals surface area contributed by atoms with E-state index in [0.29, 0.717) is 16.1 Å². The molecule has 0 aromatic carbocycles. The van der Waals surface area contributed by atoms with Gasteiger partial charge in [-0.05, 0) is 19.1 Å². The summed E-state index contributed by atoms with van der Waals surface area (Å²) in [5.74, 6) is 0.660. The quantitative estimate of drug-likeness (QED) is 0.751. The molecule has 0 fully saturated rings. The van der Waals surface area contributed by atoms with E-state index < -0.39 is 0 Å². The molecule has 0 unspecified atom stereocenters. The van der Waals surface area contributed by atoms with Crippen molar-refractivity contribution in [1.82, 2.24) is 14.8 Å². The van der Waals surface area contributed by atoms with Crippen molar-refractivity contribution in [2.45, 2.75) is 6.92 Å². The highest BCUT2D eigenvalue weighted by Gasteiger charge is 2.12. The SMILES string of the molecule is Cc1c(Cl)nn(-c2ccccn2)c1Cl. The molecule has 2 heterocycles. The molecular formula is C9H7Cl2N3. The lowest BCUT2D eigenvalue weighted by molar-refractivity contribution is 0.848. The summed E-state index contributed by atoms with van der Waals surface area (Å²) in [7, 11) is 0. The van der Waals surface area contributed by atoms with Crippen molar-refractivity contribution in [1.29, 1.82) is 0 Å². The molecule has 0 radical (unpaired) electrons. The third kappa shape index (κ3) is 1.49.